The van der Waals surface area contributed by atoms with Gasteiger partial charge in [-0.2, -0.15) is 0 Å². The molecule has 0 spiro atoms. The molecule has 0 unspecified atom stereocenters. The van der Waals surface area contributed by atoms with Crippen molar-refractivity contribution in [2.45, 2.75) is 66.9 Å². The van der Waals surface area contributed by atoms with Crippen LogP contribution in [-0.4, -0.2) is 39.0 Å². The van der Waals surface area contributed by atoms with Gasteiger partial charge in [-0.1, -0.05) is 82.5 Å². The van der Waals surface area contributed by atoms with E-state index in [-0.39, 0.29) is 21.8 Å². The zero-order chi connectivity index (χ0) is 42.6. The number of rotatable bonds is 8. The SMILES string of the molecule is Cc1ccc([S+](c2ccc(C)cc2)c2ccc(Sc3ccc([S+](c4ccc(C)cc4)c4ccc(C)cc4)cc3)cc2)cc1.[F][Sb-]([F])([F])([F])([F])[F].[F][Sb-]([F])([F])([F])([F])[F]. The number of halogens is 12. The average molecular weight is 1080 g/mol. The zero-order valence-electron chi connectivity index (χ0n) is 30.5. The van der Waals surface area contributed by atoms with E-state index in [1.807, 2.05) is 11.8 Å². The molecule has 0 heterocycles. The Labute approximate surface area is 338 Å². The Morgan fingerprint density at radius 1 is 0.281 bits per heavy atom. The van der Waals surface area contributed by atoms with E-state index in [4.69, 9.17) is 0 Å². The van der Waals surface area contributed by atoms with Gasteiger partial charge >= 0.3 is 72.7 Å². The zero-order valence-corrected chi connectivity index (χ0v) is 38.1. The number of benzene rings is 6. The molecule has 0 nitrogen and oxygen atoms in total. The van der Waals surface area contributed by atoms with E-state index in [0.29, 0.717) is 0 Å². The minimum absolute atomic E-state index is 0.142. The van der Waals surface area contributed by atoms with Crippen LogP contribution in [0.2, 0.25) is 0 Å². The molecule has 308 valence electrons. The van der Waals surface area contributed by atoms with Crippen molar-refractivity contribution in [1.29, 1.82) is 0 Å². The van der Waals surface area contributed by atoms with Crippen LogP contribution in [0.25, 0.3) is 0 Å². The summed E-state index contributed by atoms with van der Waals surface area (Å²) in [4.78, 5) is 10.6. The van der Waals surface area contributed by atoms with Crippen molar-refractivity contribution in [2.24, 2.45) is 0 Å². The van der Waals surface area contributed by atoms with Gasteiger partial charge in [-0.3, -0.25) is 0 Å². The molecule has 0 radical (unpaired) electrons. The Morgan fingerprint density at radius 3 is 0.579 bits per heavy atom. The molecule has 17 heteroatoms. The molecule has 0 bridgehead atoms. The van der Waals surface area contributed by atoms with Crippen molar-refractivity contribution in [3.05, 3.63) is 168 Å². The molecule has 0 saturated carbocycles. The van der Waals surface area contributed by atoms with Gasteiger partial charge < -0.3 is 0 Å². The second-order valence-corrected chi connectivity index (χ2v) is 29.0. The van der Waals surface area contributed by atoms with Gasteiger partial charge in [0.15, 0.2) is 29.4 Å². The minimum atomic E-state index is -11.2. The van der Waals surface area contributed by atoms with E-state index in [0.717, 1.165) is 0 Å². The Bertz CT molecular complexity index is 1970. The molecule has 0 saturated heterocycles. The van der Waals surface area contributed by atoms with Crippen LogP contribution in [0.1, 0.15) is 22.3 Å². The summed E-state index contributed by atoms with van der Waals surface area (Å²) >= 11 is -20.7. The van der Waals surface area contributed by atoms with Crippen molar-refractivity contribution in [3.8, 4) is 0 Å². The third kappa shape index (κ3) is 19.2. The van der Waals surface area contributed by atoms with Gasteiger partial charge in [-0.05, 0) is 125 Å². The Balaban J connectivity index is 0.000000440. The number of aryl methyl sites for hydroxylation is 4. The third-order valence-corrected chi connectivity index (χ3v) is 12.9. The van der Waals surface area contributed by atoms with Crippen LogP contribution in [0, 0.1) is 27.7 Å². The molecule has 0 aliphatic rings. The van der Waals surface area contributed by atoms with Gasteiger partial charge in [0.2, 0.25) is 0 Å². The van der Waals surface area contributed by atoms with Crippen LogP contribution >= 0.6 is 11.8 Å². The number of hydrogen-bond donors (Lipinski definition) is 0. The van der Waals surface area contributed by atoms with E-state index in [1.165, 1.54) is 61.4 Å². The quantitative estimate of drug-likeness (QED) is 0.0832. The molecule has 0 aliphatic heterocycles. The van der Waals surface area contributed by atoms with Gasteiger partial charge in [-0.25, -0.2) is 0 Å². The normalized spacial score (nSPS) is 14.2. The van der Waals surface area contributed by atoms with Gasteiger partial charge in [0.1, 0.15) is 0 Å². The molecule has 0 aromatic heterocycles. The molecule has 0 amide bonds. The molecule has 0 N–H and O–H groups in total. The first-order valence-corrected chi connectivity index (χ1v) is 31.4. The van der Waals surface area contributed by atoms with E-state index in [2.05, 4.69) is 173 Å². The molecule has 0 atom stereocenters. The maximum atomic E-state index is 9.93. The van der Waals surface area contributed by atoms with Crippen LogP contribution in [-0.2, 0) is 21.8 Å². The fourth-order valence-electron chi connectivity index (χ4n) is 4.94. The fourth-order valence-corrected chi connectivity index (χ4v) is 9.84. The van der Waals surface area contributed by atoms with Crippen molar-refractivity contribution in [1.82, 2.24) is 0 Å². The molecular formula is C40H36F12S3Sb2. The summed E-state index contributed by atoms with van der Waals surface area (Å²) in [5.41, 5.74) is 5.16. The van der Waals surface area contributed by atoms with Crippen molar-refractivity contribution in [3.63, 3.8) is 0 Å². The predicted molar refractivity (Wildman–Crippen MR) is 211 cm³/mol. The molecule has 0 fully saturated rings. The van der Waals surface area contributed by atoms with E-state index in [1.54, 1.807) is 0 Å². The first kappa shape index (κ1) is 46.9. The first-order chi connectivity index (χ1) is 25.8. The van der Waals surface area contributed by atoms with Crippen LogP contribution in [0.15, 0.2) is 185 Å². The van der Waals surface area contributed by atoms with Crippen LogP contribution < -0.4 is 0 Å². The van der Waals surface area contributed by atoms with Crippen LogP contribution in [0.4, 0.5) is 33.8 Å². The van der Waals surface area contributed by atoms with Gasteiger partial charge in [-0.15, -0.1) is 0 Å². The van der Waals surface area contributed by atoms with Gasteiger partial charge in [0, 0.05) is 9.79 Å². The summed E-state index contributed by atoms with van der Waals surface area (Å²) in [5.74, 6) is 0. The molecular weight excluding hydrogens is 1050 g/mol. The molecule has 57 heavy (non-hydrogen) atoms. The number of hydrogen-bond acceptors (Lipinski definition) is 1. The second-order valence-electron chi connectivity index (χ2n) is 12.8. The fraction of sp³-hybridized carbons (Fsp3) is 0.100. The van der Waals surface area contributed by atoms with E-state index < -0.39 is 39.0 Å². The second kappa shape index (κ2) is 16.3. The van der Waals surface area contributed by atoms with Crippen LogP contribution in [0.3, 0.4) is 0 Å². The van der Waals surface area contributed by atoms with Crippen LogP contribution in [0.5, 0.6) is 0 Å². The summed E-state index contributed by atoms with van der Waals surface area (Å²) in [5, 5.41) is 0. The first-order valence-electron chi connectivity index (χ1n) is 16.6. The predicted octanol–water partition coefficient (Wildman–Crippen LogP) is 15.5. The average Bonchev–Trinajstić information content (AvgIpc) is 3.07. The standard InChI is InChI=1S/C40H36S3.12FH.2Sb/c1-29-5-17-35(18-6-29)42(36-19-7-30(2)8-20-36)39-25-13-33(14-26-39)41-34-15-27-40(28-16-34)43(37-21-9-31(3)10-22-37)38-23-11-32(4)12-24-38;;;;;;;;;;;;;;/h5-28H,1-4H3;12*1H;;/q+2;;;;;;;;;;;;;2*+5/p-12. The maximum absolute atomic E-state index is 11.2. The van der Waals surface area contributed by atoms with Gasteiger partial charge in [0.05, 0.1) is 21.8 Å². The van der Waals surface area contributed by atoms with Crippen molar-refractivity contribution < 1.29 is 33.8 Å². The summed E-state index contributed by atoms with van der Waals surface area (Å²) < 4.78 is 119. The van der Waals surface area contributed by atoms with Crippen molar-refractivity contribution >= 4 is 72.5 Å². The summed E-state index contributed by atoms with van der Waals surface area (Å²) in [6.45, 7) is 8.60. The van der Waals surface area contributed by atoms with Crippen molar-refractivity contribution in [2.75, 3.05) is 0 Å². The Hall–Kier alpha value is -2.83. The van der Waals surface area contributed by atoms with Gasteiger partial charge in [0.25, 0.3) is 0 Å². The molecule has 0 aliphatic carbocycles. The molecule has 6 rings (SSSR count). The topological polar surface area (TPSA) is 0 Å². The van der Waals surface area contributed by atoms with E-state index >= 15 is 0 Å². The summed E-state index contributed by atoms with van der Waals surface area (Å²) in [6, 6.07) is 54.4. The molecule has 6 aromatic rings. The summed E-state index contributed by atoms with van der Waals surface area (Å²) in [7, 11) is -0.285. The summed E-state index contributed by atoms with van der Waals surface area (Å²) in [6.07, 6.45) is 0. The van der Waals surface area contributed by atoms with E-state index in [9.17, 15) is 33.8 Å². The monoisotopic (exact) mass is 1080 g/mol. The third-order valence-electron chi connectivity index (χ3n) is 7.38. The Kier molecular flexibility index (Phi) is 13.4. The molecule has 6 aromatic carbocycles. The Morgan fingerprint density at radius 2 is 0.421 bits per heavy atom.